The van der Waals surface area contributed by atoms with Gasteiger partial charge in [-0.1, -0.05) is 29.3 Å². The summed E-state index contributed by atoms with van der Waals surface area (Å²) in [6.07, 6.45) is 1.04. The molecule has 0 atom stereocenters. The van der Waals surface area contributed by atoms with E-state index in [0.717, 1.165) is 16.4 Å². The van der Waals surface area contributed by atoms with Crippen molar-refractivity contribution >= 4 is 40.5 Å². The van der Waals surface area contributed by atoms with E-state index in [4.69, 9.17) is 23.2 Å². The van der Waals surface area contributed by atoms with Crippen LogP contribution in [0.1, 0.15) is 27.4 Å². The molecule has 0 spiro atoms. The number of aryl methyl sites for hydroxylation is 2. The van der Waals surface area contributed by atoms with Gasteiger partial charge in [0.15, 0.2) is 0 Å². The SMILES string of the molecule is Cc1nn(Cc2ccc(Cl)cc2Cl)c(C)c1NC(=O)c1c([N+](=O)[O-])cnn1C. The largest absolute Gasteiger partial charge is 0.320 e. The Kier molecular flexibility index (Phi) is 5.39. The molecule has 2 heterocycles. The monoisotopic (exact) mass is 422 g/mol. The van der Waals surface area contributed by atoms with Crippen LogP contribution in [0, 0.1) is 24.0 Å². The second kappa shape index (κ2) is 7.61. The highest BCUT2D eigenvalue weighted by atomic mass is 35.5. The summed E-state index contributed by atoms with van der Waals surface area (Å²) in [5.41, 5.74) is 2.04. The molecule has 0 fully saturated rings. The second-order valence-corrected chi connectivity index (χ2v) is 7.00. The van der Waals surface area contributed by atoms with Crippen LogP contribution in [0.25, 0.3) is 0 Å². The van der Waals surface area contributed by atoms with Gasteiger partial charge in [-0.25, -0.2) is 0 Å². The Labute approximate surface area is 170 Å². The topological polar surface area (TPSA) is 108 Å². The van der Waals surface area contributed by atoms with E-state index >= 15 is 0 Å². The number of anilines is 1. The summed E-state index contributed by atoms with van der Waals surface area (Å²) in [6.45, 7) is 3.90. The molecule has 1 amide bonds. The molecule has 0 unspecified atom stereocenters. The van der Waals surface area contributed by atoms with Gasteiger partial charge in [0.25, 0.3) is 5.91 Å². The highest BCUT2D eigenvalue weighted by molar-refractivity contribution is 6.35. The first kappa shape index (κ1) is 19.8. The fourth-order valence-corrected chi connectivity index (χ4v) is 3.31. The lowest BCUT2D eigenvalue weighted by Gasteiger charge is -2.09. The second-order valence-electron chi connectivity index (χ2n) is 6.15. The maximum Gasteiger partial charge on any atom is 0.320 e. The van der Waals surface area contributed by atoms with Gasteiger partial charge in [0, 0.05) is 17.1 Å². The van der Waals surface area contributed by atoms with Gasteiger partial charge in [-0.15, -0.1) is 0 Å². The molecule has 2 aromatic heterocycles. The molecule has 0 aliphatic heterocycles. The number of halogens is 2. The van der Waals surface area contributed by atoms with E-state index in [-0.39, 0.29) is 11.4 Å². The number of carbonyl (C=O) groups is 1. The third-order valence-electron chi connectivity index (χ3n) is 4.29. The van der Waals surface area contributed by atoms with Crippen LogP contribution < -0.4 is 5.32 Å². The number of nitro groups is 1. The van der Waals surface area contributed by atoms with Crippen LogP contribution in [-0.2, 0) is 13.6 Å². The molecular weight excluding hydrogens is 407 g/mol. The molecule has 28 heavy (non-hydrogen) atoms. The Morgan fingerprint density at radius 2 is 2.04 bits per heavy atom. The fourth-order valence-electron chi connectivity index (χ4n) is 2.84. The van der Waals surface area contributed by atoms with E-state index in [2.05, 4.69) is 15.5 Å². The zero-order valence-electron chi connectivity index (χ0n) is 15.2. The van der Waals surface area contributed by atoms with Gasteiger partial charge in [-0.3, -0.25) is 24.3 Å². The molecule has 3 rings (SSSR count). The molecular formula is C17H16Cl2N6O3. The van der Waals surface area contributed by atoms with E-state index in [1.54, 1.807) is 36.7 Å². The van der Waals surface area contributed by atoms with Gasteiger partial charge < -0.3 is 5.32 Å². The van der Waals surface area contributed by atoms with E-state index in [1.165, 1.54) is 7.05 Å². The third-order valence-corrected chi connectivity index (χ3v) is 4.87. The molecule has 1 aromatic carbocycles. The van der Waals surface area contributed by atoms with Crippen molar-refractivity contribution in [3.8, 4) is 0 Å². The number of nitrogens with one attached hydrogen (secondary N) is 1. The number of benzene rings is 1. The molecule has 1 N–H and O–H groups in total. The molecule has 0 saturated heterocycles. The van der Waals surface area contributed by atoms with Crippen LogP contribution in [-0.4, -0.2) is 30.4 Å². The minimum absolute atomic E-state index is 0.141. The Morgan fingerprint density at radius 1 is 1.32 bits per heavy atom. The predicted octanol–water partition coefficient (Wildman–Crippen LogP) is 3.75. The number of hydrogen-bond donors (Lipinski definition) is 1. The number of amides is 1. The van der Waals surface area contributed by atoms with Gasteiger partial charge >= 0.3 is 5.69 Å². The van der Waals surface area contributed by atoms with Crippen molar-refractivity contribution < 1.29 is 9.72 Å². The first-order chi connectivity index (χ1) is 13.2. The van der Waals surface area contributed by atoms with Crippen molar-refractivity contribution in [2.24, 2.45) is 7.05 Å². The maximum absolute atomic E-state index is 12.6. The number of rotatable bonds is 5. The Hall–Kier alpha value is -2.91. The van der Waals surface area contributed by atoms with Crippen molar-refractivity contribution in [2.45, 2.75) is 20.4 Å². The van der Waals surface area contributed by atoms with Crippen molar-refractivity contribution in [3.63, 3.8) is 0 Å². The van der Waals surface area contributed by atoms with Crippen molar-refractivity contribution in [3.05, 3.63) is 67.2 Å². The van der Waals surface area contributed by atoms with Crippen LogP contribution in [0.2, 0.25) is 10.0 Å². The Balaban J connectivity index is 1.89. The molecule has 9 nitrogen and oxygen atoms in total. The summed E-state index contributed by atoms with van der Waals surface area (Å²) in [4.78, 5) is 23.1. The van der Waals surface area contributed by atoms with Crippen molar-refractivity contribution in [2.75, 3.05) is 5.32 Å². The number of aromatic nitrogens is 4. The summed E-state index contributed by atoms with van der Waals surface area (Å²) >= 11 is 12.2. The van der Waals surface area contributed by atoms with Gasteiger partial charge in [0.1, 0.15) is 6.20 Å². The van der Waals surface area contributed by atoms with Gasteiger partial charge in [0.2, 0.25) is 5.69 Å². The summed E-state index contributed by atoms with van der Waals surface area (Å²) in [6, 6.07) is 5.19. The average Bonchev–Trinajstić information content (AvgIpc) is 3.12. The zero-order chi connectivity index (χ0) is 20.6. The van der Waals surface area contributed by atoms with E-state index < -0.39 is 10.8 Å². The number of nitrogens with zero attached hydrogens (tertiary/aromatic N) is 5. The predicted molar refractivity (Wildman–Crippen MR) is 105 cm³/mol. The lowest BCUT2D eigenvalue weighted by atomic mass is 10.2. The number of hydrogen-bond acceptors (Lipinski definition) is 5. The van der Waals surface area contributed by atoms with Crippen molar-refractivity contribution in [1.82, 2.24) is 19.6 Å². The number of carbonyl (C=O) groups excluding carboxylic acids is 1. The van der Waals surface area contributed by atoms with E-state index in [0.29, 0.717) is 33.7 Å². The average molecular weight is 423 g/mol. The summed E-state index contributed by atoms with van der Waals surface area (Å²) < 4.78 is 2.85. The van der Waals surface area contributed by atoms with Gasteiger partial charge in [0.05, 0.1) is 28.5 Å². The quantitative estimate of drug-likeness (QED) is 0.497. The fraction of sp³-hybridized carbons (Fsp3) is 0.235. The van der Waals surface area contributed by atoms with Crippen LogP contribution in [0.5, 0.6) is 0 Å². The lowest BCUT2D eigenvalue weighted by Crippen LogP contribution is -2.18. The van der Waals surface area contributed by atoms with Crippen LogP contribution in [0.15, 0.2) is 24.4 Å². The summed E-state index contributed by atoms with van der Waals surface area (Å²) in [5, 5.41) is 23.1. The standard InChI is InChI=1S/C17H16Cl2N6O3/c1-9-15(21-17(26)16-14(25(27)28)7-20-23(16)3)10(2)24(22-9)8-11-4-5-12(18)6-13(11)19/h4-7H,8H2,1-3H3,(H,21,26). The zero-order valence-corrected chi connectivity index (χ0v) is 16.7. The third kappa shape index (κ3) is 3.71. The molecule has 3 aromatic rings. The minimum atomic E-state index is -0.645. The highest BCUT2D eigenvalue weighted by Crippen LogP contribution is 2.26. The smallest absolute Gasteiger partial charge is 0.317 e. The Morgan fingerprint density at radius 3 is 2.68 bits per heavy atom. The molecule has 0 aliphatic carbocycles. The summed E-state index contributed by atoms with van der Waals surface area (Å²) in [7, 11) is 1.47. The van der Waals surface area contributed by atoms with Crippen LogP contribution in [0.4, 0.5) is 11.4 Å². The molecule has 11 heteroatoms. The first-order valence-corrected chi connectivity index (χ1v) is 8.90. The molecule has 0 saturated carbocycles. The van der Waals surface area contributed by atoms with Gasteiger partial charge in [-0.05, 0) is 31.5 Å². The minimum Gasteiger partial charge on any atom is -0.317 e. The molecule has 146 valence electrons. The summed E-state index contributed by atoms with van der Waals surface area (Å²) in [5.74, 6) is -0.637. The maximum atomic E-state index is 12.6. The van der Waals surface area contributed by atoms with Crippen LogP contribution >= 0.6 is 23.2 Å². The molecule has 0 bridgehead atoms. The lowest BCUT2D eigenvalue weighted by molar-refractivity contribution is -0.385. The Bertz CT molecular complexity index is 1090. The molecule has 0 radical (unpaired) electrons. The molecule has 0 aliphatic rings. The normalized spacial score (nSPS) is 10.9. The first-order valence-electron chi connectivity index (χ1n) is 8.14. The van der Waals surface area contributed by atoms with E-state index in [1.807, 2.05) is 0 Å². The highest BCUT2D eigenvalue weighted by Gasteiger charge is 2.27. The van der Waals surface area contributed by atoms with E-state index in [9.17, 15) is 14.9 Å². The van der Waals surface area contributed by atoms with Crippen LogP contribution in [0.3, 0.4) is 0 Å². The van der Waals surface area contributed by atoms with Crippen molar-refractivity contribution in [1.29, 1.82) is 0 Å². The van der Waals surface area contributed by atoms with Gasteiger partial charge in [-0.2, -0.15) is 10.2 Å².